The SMILES string of the molecule is c1cncc(-c2nc(-n3c4ccccc4c4ccc5c6c7ccccc7sc6c6ccccc6c5c43)nc3c2-c2cc4ccccc4cc2C3)c1. The Bertz CT molecular complexity index is 3280. The van der Waals surface area contributed by atoms with Gasteiger partial charge in [0.25, 0.3) is 0 Å². The monoisotopic (exact) mass is 666 g/mol. The predicted molar refractivity (Wildman–Crippen MR) is 213 cm³/mol. The van der Waals surface area contributed by atoms with Crippen molar-refractivity contribution in [1.29, 1.82) is 0 Å². The van der Waals surface area contributed by atoms with E-state index in [4.69, 9.17) is 9.97 Å². The minimum Gasteiger partial charge on any atom is -0.277 e. The van der Waals surface area contributed by atoms with Gasteiger partial charge in [0.2, 0.25) is 5.95 Å². The lowest BCUT2D eigenvalue weighted by Gasteiger charge is -2.15. The van der Waals surface area contributed by atoms with Gasteiger partial charge in [-0.1, -0.05) is 103 Å². The first-order valence-corrected chi connectivity index (χ1v) is 18.1. The Morgan fingerprint density at radius 2 is 1.33 bits per heavy atom. The summed E-state index contributed by atoms with van der Waals surface area (Å²) in [5, 5.41) is 12.5. The quantitative estimate of drug-likeness (QED) is 0.172. The van der Waals surface area contributed by atoms with Crippen LogP contribution in [0.4, 0.5) is 0 Å². The van der Waals surface area contributed by atoms with E-state index in [1.807, 2.05) is 29.8 Å². The van der Waals surface area contributed by atoms with Gasteiger partial charge in [0, 0.05) is 71.7 Å². The number of nitrogens with zero attached hydrogens (tertiary/aromatic N) is 4. The van der Waals surface area contributed by atoms with E-state index >= 15 is 0 Å². The Hall–Kier alpha value is -6.43. The fraction of sp³-hybridized carbons (Fsp3) is 0.0217. The Kier molecular flexibility index (Phi) is 5.41. The number of hydrogen-bond acceptors (Lipinski definition) is 4. The molecule has 1 aliphatic rings. The molecule has 236 valence electrons. The Labute approximate surface area is 295 Å². The second kappa shape index (κ2) is 10.1. The Morgan fingerprint density at radius 3 is 2.20 bits per heavy atom. The van der Waals surface area contributed by atoms with Crippen molar-refractivity contribution in [1.82, 2.24) is 19.5 Å². The van der Waals surface area contributed by atoms with Gasteiger partial charge in [-0.05, 0) is 63.0 Å². The highest BCUT2D eigenvalue weighted by Crippen LogP contribution is 2.48. The second-order valence-corrected chi connectivity index (χ2v) is 14.6. The summed E-state index contributed by atoms with van der Waals surface area (Å²) in [4.78, 5) is 15.6. The van der Waals surface area contributed by atoms with Gasteiger partial charge in [0.1, 0.15) is 0 Å². The van der Waals surface area contributed by atoms with Gasteiger partial charge in [0.15, 0.2) is 0 Å². The number of rotatable bonds is 2. The third kappa shape index (κ3) is 3.70. The van der Waals surface area contributed by atoms with Crippen molar-refractivity contribution in [2.24, 2.45) is 0 Å². The molecule has 0 radical (unpaired) electrons. The van der Waals surface area contributed by atoms with Crippen LogP contribution in [0.15, 0.2) is 146 Å². The van der Waals surface area contributed by atoms with Crippen LogP contribution in [0.3, 0.4) is 0 Å². The van der Waals surface area contributed by atoms with Crippen LogP contribution in [0.2, 0.25) is 0 Å². The number of benzene rings is 7. The fourth-order valence-electron chi connectivity index (χ4n) is 8.71. The van der Waals surface area contributed by atoms with E-state index < -0.39 is 0 Å². The van der Waals surface area contributed by atoms with Crippen molar-refractivity contribution in [3.63, 3.8) is 0 Å². The molecule has 0 spiro atoms. The molecule has 12 rings (SSSR count). The first-order chi connectivity index (χ1) is 25.3. The minimum absolute atomic E-state index is 0.683. The predicted octanol–water partition coefficient (Wildman–Crippen LogP) is 12.0. The summed E-state index contributed by atoms with van der Waals surface area (Å²) < 4.78 is 4.97. The number of fused-ring (bicyclic) bond motifs is 16. The van der Waals surface area contributed by atoms with Crippen molar-refractivity contribution >= 4 is 85.6 Å². The molecule has 1 aliphatic carbocycles. The van der Waals surface area contributed by atoms with Crippen LogP contribution in [0.5, 0.6) is 0 Å². The molecule has 0 bridgehead atoms. The van der Waals surface area contributed by atoms with E-state index in [-0.39, 0.29) is 0 Å². The topological polar surface area (TPSA) is 43.6 Å². The molecule has 0 fully saturated rings. The number of hydrogen-bond donors (Lipinski definition) is 0. The van der Waals surface area contributed by atoms with Gasteiger partial charge < -0.3 is 0 Å². The van der Waals surface area contributed by atoms with Gasteiger partial charge in [-0.15, -0.1) is 11.3 Å². The standard InChI is InChI=1S/C46H26N4S/c1-2-11-27-23-36-29(22-26(27)10-1)24-37-42(36)43(28-12-9-21-47-25-28)49-46(48-37)50-38-17-7-5-13-30(38)32-19-20-35-40(44(32)50)31-14-3-4-15-33(31)45-41(35)34-16-6-8-18-39(34)51-45/h1-23,25H,24H2. The lowest BCUT2D eigenvalue weighted by molar-refractivity contribution is 0.959. The fourth-order valence-corrected chi connectivity index (χ4v) is 9.97. The van der Waals surface area contributed by atoms with Crippen LogP contribution in [0.25, 0.3) is 103 Å². The van der Waals surface area contributed by atoms with Crippen LogP contribution in [0, 0.1) is 0 Å². The zero-order valence-corrected chi connectivity index (χ0v) is 28.1. The molecule has 0 N–H and O–H groups in total. The van der Waals surface area contributed by atoms with Gasteiger partial charge >= 0.3 is 0 Å². The number of para-hydroxylation sites is 1. The molecule has 0 saturated carbocycles. The average molecular weight is 667 g/mol. The molecule has 0 atom stereocenters. The molecule has 5 heteroatoms. The van der Waals surface area contributed by atoms with E-state index in [1.165, 1.54) is 74.4 Å². The maximum Gasteiger partial charge on any atom is 0.235 e. The second-order valence-electron chi connectivity index (χ2n) is 13.6. The van der Waals surface area contributed by atoms with Crippen LogP contribution in [-0.2, 0) is 6.42 Å². The molecule has 4 aromatic heterocycles. The van der Waals surface area contributed by atoms with Crippen molar-refractivity contribution in [2.45, 2.75) is 6.42 Å². The first-order valence-electron chi connectivity index (χ1n) is 17.3. The summed E-state index contributed by atoms with van der Waals surface area (Å²) in [5.41, 5.74) is 8.78. The van der Waals surface area contributed by atoms with Crippen molar-refractivity contribution in [3.05, 3.63) is 157 Å². The zero-order chi connectivity index (χ0) is 33.2. The summed E-state index contributed by atoms with van der Waals surface area (Å²) >= 11 is 1.89. The van der Waals surface area contributed by atoms with E-state index in [0.29, 0.717) is 5.95 Å². The largest absolute Gasteiger partial charge is 0.277 e. The summed E-state index contributed by atoms with van der Waals surface area (Å²) in [6, 6.07) is 48.4. The molecule has 11 aromatic rings. The normalized spacial score (nSPS) is 12.6. The lowest BCUT2D eigenvalue weighted by atomic mass is 9.95. The summed E-state index contributed by atoms with van der Waals surface area (Å²) in [6.45, 7) is 0. The first kappa shape index (κ1) is 27.4. The van der Waals surface area contributed by atoms with Gasteiger partial charge in [0.05, 0.1) is 22.4 Å². The minimum atomic E-state index is 0.683. The van der Waals surface area contributed by atoms with Crippen molar-refractivity contribution < 1.29 is 0 Å². The zero-order valence-electron chi connectivity index (χ0n) is 27.3. The maximum atomic E-state index is 5.54. The maximum absolute atomic E-state index is 5.54. The molecule has 4 nitrogen and oxygen atoms in total. The number of thiophene rings is 1. The van der Waals surface area contributed by atoms with Crippen molar-refractivity contribution in [3.8, 4) is 28.3 Å². The van der Waals surface area contributed by atoms with E-state index in [9.17, 15) is 0 Å². The molecular formula is C46H26N4S. The van der Waals surface area contributed by atoms with E-state index in [0.717, 1.165) is 40.0 Å². The highest BCUT2D eigenvalue weighted by atomic mass is 32.1. The molecule has 7 aromatic carbocycles. The Morgan fingerprint density at radius 1 is 0.588 bits per heavy atom. The molecule has 0 unspecified atom stereocenters. The highest BCUT2D eigenvalue weighted by molar-refractivity contribution is 7.27. The molecule has 4 heterocycles. The number of pyridine rings is 1. The molecule has 0 amide bonds. The van der Waals surface area contributed by atoms with Crippen LogP contribution in [-0.4, -0.2) is 19.5 Å². The molecular weight excluding hydrogens is 641 g/mol. The Balaban J connectivity index is 1.26. The smallest absolute Gasteiger partial charge is 0.235 e. The summed E-state index contributed by atoms with van der Waals surface area (Å²) in [6.07, 6.45) is 4.51. The lowest BCUT2D eigenvalue weighted by Crippen LogP contribution is -2.06. The third-order valence-electron chi connectivity index (χ3n) is 10.8. The molecule has 0 saturated heterocycles. The summed E-state index contributed by atoms with van der Waals surface area (Å²) in [7, 11) is 0. The van der Waals surface area contributed by atoms with Crippen LogP contribution < -0.4 is 0 Å². The van der Waals surface area contributed by atoms with E-state index in [1.54, 1.807) is 0 Å². The van der Waals surface area contributed by atoms with Gasteiger partial charge in [-0.3, -0.25) is 9.55 Å². The highest BCUT2D eigenvalue weighted by Gasteiger charge is 2.29. The van der Waals surface area contributed by atoms with E-state index in [2.05, 4.69) is 137 Å². The van der Waals surface area contributed by atoms with Gasteiger partial charge in [-0.25, -0.2) is 9.97 Å². The van der Waals surface area contributed by atoms with Crippen LogP contribution in [0.1, 0.15) is 11.3 Å². The number of aromatic nitrogens is 4. The third-order valence-corrected chi connectivity index (χ3v) is 12.1. The van der Waals surface area contributed by atoms with Crippen LogP contribution >= 0.6 is 11.3 Å². The molecule has 0 aliphatic heterocycles. The summed E-state index contributed by atoms with van der Waals surface area (Å²) in [5.74, 6) is 0.683. The molecule has 51 heavy (non-hydrogen) atoms. The van der Waals surface area contributed by atoms with Gasteiger partial charge in [-0.2, -0.15) is 0 Å². The average Bonchev–Trinajstić information content (AvgIpc) is 3.86. The van der Waals surface area contributed by atoms with Crippen molar-refractivity contribution in [2.75, 3.05) is 0 Å².